The van der Waals surface area contributed by atoms with Gasteiger partial charge < -0.3 is 10.6 Å². The van der Waals surface area contributed by atoms with Crippen LogP contribution < -0.4 is 16.0 Å². The minimum absolute atomic E-state index is 0.0563. The van der Waals surface area contributed by atoms with Crippen LogP contribution in [-0.2, 0) is 9.59 Å². The number of Topliss-reactive ketones (excluding diaryl/α,β-unsaturated/α-hetero) is 1. The molecule has 1 heterocycles. The van der Waals surface area contributed by atoms with Crippen molar-refractivity contribution in [3.8, 4) is 0 Å². The Morgan fingerprint density at radius 1 is 1.37 bits per heavy atom. The highest BCUT2D eigenvalue weighted by molar-refractivity contribution is 5.99. The molecule has 1 atom stereocenters. The Kier molecular flexibility index (Phi) is 3.91. The molecule has 1 aliphatic heterocycles. The highest BCUT2D eigenvalue weighted by atomic mass is 16.2. The van der Waals surface area contributed by atoms with Crippen LogP contribution >= 0.6 is 0 Å². The summed E-state index contributed by atoms with van der Waals surface area (Å²) in [5.74, 6) is -0.414. The van der Waals surface area contributed by atoms with Gasteiger partial charge >= 0.3 is 0 Å². The second-order valence-corrected chi connectivity index (χ2v) is 4.36. The van der Waals surface area contributed by atoms with Crippen molar-refractivity contribution in [1.82, 2.24) is 10.6 Å². The second-order valence-electron chi connectivity index (χ2n) is 4.36. The number of amides is 2. The van der Waals surface area contributed by atoms with Crippen LogP contribution in [0, 0.1) is 0 Å². The molecule has 0 aliphatic carbocycles. The van der Waals surface area contributed by atoms with Crippen LogP contribution in [0.5, 0.6) is 0 Å². The Labute approximate surface area is 110 Å². The van der Waals surface area contributed by atoms with Crippen molar-refractivity contribution in [1.29, 1.82) is 0 Å². The van der Waals surface area contributed by atoms with Gasteiger partial charge in [0.05, 0.1) is 6.54 Å². The van der Waals surface area contributed by atoms with Crippen LogP contribution in [0.3, 0.4) is 0 Å². The van der Waals surface area contributed by atoms with Gasteiger partial charge in [0.25, 0.3) is 0 Å². The molecule has 0 bridgehead atoms. The van der Waals surface area contributed by atoms with Crippen molar-refractivity contribution in [3.05, 3.63) is 29.8 Å². The summed E-state index contributed by atoms with van der Waals surface area (Å²) in [6, 6.07) is 6.28. The van der Waals surface area contributed by atoms with Crippen molar-refractivity contribution >= 4 is 23.3 Å². The van der Waals surface area contributed by atoms with Crippen LogP contribution in [0.25, 0.3) is 0 Å². The summed E-state index contributed by atoms with van der Waals surface area (Å²) < 4.78 is 0. The summed E-state index contributed by atoms with van der Waals surface area (Å²) in [4.78, 5) is 34.2. The van der Waals surface area contributed by atoms with Gasteiger partial charge in [-0.1, -0.05) is 12.1 Å². The first-order chi connectivity index (χ1) is 9.06. The first-order valence-electron chi connectivity index (χ1n) is 5.98. The van der Waals surface area contributed by atoms with Gasteiger partial charge in [-0.15, -0.1) is 0 Å². The zero-order valence-electron chi connectivity index (χ0n) is 10.5. The Bertz CT molecular complexity index is 518. The first kappa shape index (κ1) is 13.2. The van der Waals surface area contributed by atoms with Crippen molar-refractivity contribution in [2.45, 2.75) is 13.0 Å². The number of piperazine rings is 1. The van der Waals surface area contributed by atoms with Crippen LogP contribution in [0.4, 0.5) is 5.69 Å². The molecule has 1 aromatic rings. The monoisotopic (exact) mass is 261 g/mol. The zero-order valence-corrected chi connectivity index (χ0v) is 10.5. The third kappa shape index (κ3) is 3.38. The Morgan fingerprint density at radius 2 is 2.16 bits per heavy atom. The fourth-order valence-corrected chi connectivity index (χ4v) is 1.80. The largest absolute Gasteiger partial charge is 0.353 e. The number of hydrogen-bond acceptors (Lipinski definition) is 4. The Hall–Kier alpha value is -2.21. The maximum atomic E-state index is 11.9. The van der Waals surface area contributed by atoms with Gasteiger partial charge in [0.1, 0.15) is 6.04 Å². The van der Waals surface area contributed by atoms with E-state index in [1.807, 2.05) is 0 Å². The van der Waals surface area contributed by atoms with Crippen LogP contribution in [0.15, 0.2) is 24.3 Å². The van der Waals surface area contributed by atoms with Gasteiger partial charge in [-0.2, -0.15) is 0 Å². The van der Waals surface area contributed by atoms with Crippen molar-refractivity contribution in [2.24, 2.45) is 0 Å². The maximum Gasteiger partial charge on any atom is 0.243 e. The van der Waals surface area contributed by atoms with Gasteiger partial charge in [0, 0.05) is 17.8 Å². The summed E-state index contributed by atoms with van der Waals surface area (Å²) in [5.41, 5.74) is 1.11. The van der Waals surface area contributed by atoms with E-state index in [0.29, 0.717) is 11.3 Å². The number of carbonyl (C=O) groups excluding carboxylic acids is 3. The number of anilines is 1. The van der Waals surface area contributed by atoms with Crippen molar-refractivity contribution in [3.63, 3.8) is 0 Å². The number of ketones is 1. The molecule has 0 spiro atoms. The molecule has 1 fully saturated rings. The summed E-state index contributed by atoms with van der Waals surface area (Å²) in [7, 11) is 0. The lowest BCUT2D eigenvalue weighted by Gasteiger charge is -2.23. The van der Waals surface area contributed by atoms with Crippen molar-refractivity contribution < 1.29 is 14.4 Å². The van der Waals surface area contributed by atoms with Gasteiger partial charge in [0.2, 0.25) is 11.8 Å². The lowest BCUT2D eigenvalue weighted by molar-refractivity contribution is -0.124. The molecule has 100 valence electrons. The molecule has 3 N–H and O–H groups in total. The van der Waals surface area contributed by atoms with E-state index >= 15 is 0 Å². The molecule has 2 rings (SSSR count). The summed E-state index contributed by atoms with van der Waals surface area (Å²) in [6.45, 7) is 1.86. The van der Waals surface area contributed by atoms with Gasteiger partial charge in [-0.05, 0) is 19.1 Å². The normalized spacial score (nSPS) is 18.6. The number of nitrogens with one attached hydrogen (secondary N) is 3. The SMILES string of the molecule is CC(=O)c1cccc(NC(=O)C2CNC(=O)CN2)c1. The van der Waals surface area contributed by atoms with Crippen LogP contribution in [0.2, 0.25) is 0 Å². The molecule has 0 aromatic heterocycles. The smallest absolute Gasteiger partial charge is 0.243 e. The summed E-state index contributed by atoms with van der Waals surface area (Å²) in [5, 5.41) is 8.16. The summed E-state index contributed by atoms with van der Waals surface area (Å²) in [6.07, 6.45) is 0. The zero-order chi connectivity index (χ0) is 13.8. The maximum absolute atomic E-state index is 11.9. The summed E-state index contributed by atoms with van der Waals surface area (Å²) >= 11 is 0. The number of carbonyl (C=O) groups is 3. The molecular weight excluding hydrogens is 246 g/mol. The molecule has 0 saturated carbocycles. The van der Waals surface area contributed by atoms with Gasteiger partial charge in [0.15, 0.2) is 5.78 Å². The minimum atomic E-state index is -0.460. The molecule has 1 unspecified atom stereocenters. The highest BCUT2D eigenvalue weighted by Crippen LogP contribution is 2.11. The number of rotatable bonds is 3. The predicted octanol–water partition coefficient (Wildman–Crippen LogP) is -0.0843. The van der Waals surface area contributed by atoms with E-state index in [9.17, 15) is 14.4 Å². The average molecular weight is 261 g/mol. The fraction of sp³-hybridized carbons (Fsp3) is 0.308. The molecular formula is C13H15N3O3. The topological polar surface area (TPSA) is 87.3 Å². The van der Waals surface area contributed by atoms with Crippen molar-refractivity contribution in [2.75, 3.05) is 18.4 Å². The predicted molar refractivity (Wildman–Crippen MR) is 69.9 cm³/mol. The molecule has 6 nitrogen and oxygen atoms in total. The third-order valence-corrected chi connectivity index (χ3v) is 2.87. The number of benzene rings is 1. The average Bonchev–Trinajstić information content (AvgIpc) is 2.39. The van der Waals surface area contributed by atoms with E-state index in [4.69, 9.17) is 0 Å². The van der Waals surface area contributed by atoms with Gasteiger partial charge in [-0.3, -0.25) is 19.7 Å². The lowest BCUT2D eigenvalue weighted by Crippen LogP contribution is -2.56. The Morgan fingerprint density at radius 3 is 2.79 bits per heavy atom. The standard InChI is InChI=1S/C13H15N3O3/c1-8(17)9-3-2-4-10(5-9)16-13(19)11-6-15-12(18)7-14-11/h2-5,11,14H,6-7H2,1H3,(H,15,18)(H,16,19). The van der Waals surface area contributed by atoms with E-state index in [1.54, 1.807) is 24.3 Å². The molecule has 1 saturated heterocycles. The molecule has 6 heteroatoms. The first-order valence-corrected chi connectivity index (χ1v) is 5.98. The third-order valence-electron chi connectivity index (χ3n) is 2.87. The molecule has 1 aliphatic rings. The Balaban J connectivity index is 2.00. The molecule has 0 radical (unpaired) electrons. The lowest BCUT2D eigenvalue weighted by atomic mass is 10.1. The molecule has 19 heavy (non-hydrogen) atoms. The van der Waals surface area contributed by atoms with Crippen LogP contribution in [0.1, 0.15) is 17.3 Å². The molecule has 1 aromatic carbocycles. The van der Waals surface area contributed by atoms with Crippen LogP contribution in [-0.4, -0.2) is 36.7 Å². The highest BCUT2D eigenvalue weighted by Gasteiger charge is 2.23. The van der Waals surface area contributed by atoms with E-state index < -0.39 is 6.04 Å². The van der Waals surface area contributed by atoms with Gasteiger partial charge in [-0.25, -0.2) is 0 Å². The minimum Gasteiger partial charge on any atom is -0.353 e. The van der Waals surface area contributed by atoms with E-state index in [0.717, 1.165) is 0 Å². The quantitative estimate of drug-likeness (QED) is 0.664. The number of hydrogen-bond donors (Lipinski definition) is 3. The molecule has 2 amide bonds. The van der Waals surface area contributed by atoms with E-state index in [1.165, 1.54) is 6.92 Å². The fourth-order valence-electron chi connectivity index (χ4n) is 1.80. The van der Waals surface area contributed by atoms with E-state index in [2.05, 4.69) is 16.0 Å². The van der Waals surface area contributed by atoms with E-state index in [-0.39, 0.29) is 30.7 Å². The second kappa shape index (κ2) is 5.62.